The number of carbonyl (C=O) groups is 2. The molecule has 0 amide bonds. The molecule has 0 rings (SSSR count). The maximum atomic E-state index is 10.9. The summed E-state index contributed by atoms with van der Waals surface area (Å²) in [5, 5.41) is 44.9. The molecule has 100 valence electrons. The molecule has 0 aromatic carbocycles. The second kappa shape index (κ2) is 7.14. The molecule has 9 nitrogen and oxygen atoms in total. The van der Waals surface area contributed by atoms with Gasteiger partial charge < -0.3 is 25.5 Å². The third-order valence-corrected chi connectivity index (χ3v) is 1.74. The number of rotatable bonds is 5. The largest absolute Gasteiger partial charge is 0.394 e. The highest BCUT2D eigenvalue weighted by atomic mass is 17.2. The van der Waals surface area contributed by atoms with Crippen molar-refractivity contribution >= 4 is 11.9 Å². The zero-order chi connectivity index (χ0) is 13.6. The number of carbonyl (C=O) groups excluding carboxylic acids is 2. The lowest BCUT2D eigenvalue weighted by Crippen LogP contribution is -2.49. The molecule has 0 aromatic rings. The molecular weight excluding hydrogens is 240 g/mol. The average molecular weight is 254 g/mol. The molecule has 9 heteroatoms. The first-order valence-electron chi connectivity index (χ1n) is 4.53. The second-order valence-corrected chi connectivity index (χ2v) is 3.15. The van der Waals surface area contributed by atoms with Gasteiger partial charge >= 0.3 is 11.9 Å². The third-order valence-electron chi connectivity index (χ3n) is 1.74. The minimum Gasteiger partial charge on any atom is -0.394 e. The summed E-state index contributed by atoms with van der Waals surface area (Å²) >= 11 is 0. The van der Waals surface area contributed by atoms with Gasteiger partial charge in [0.1, 0.15) is 18.3 Å². The van der Waals surface area contributed by atoms with Crippen molar-refractivity contribution in [3.05, 3.63) is 0 Å². The van der Waals surface area contributed by atoms with Crippen LogP contribution in [0.1, 0.15) is 6.92 Å². The molecule has 0 bridgehead atoms. The lowest BCUT2D eigenvalue weighted by molar-refractivity contribution is -0.267. The molecule has 4 atom stereocenters. The quantitative estimate of drug-likeness (QED) is 0.247. The van der Waals surface area contributed by atoms with Crippen molar-refractivity contribution in [1.82, 2.24) is 0 Å². The summed E-state index contributed by atoms with van der Waals surface area (Å²) in [5.74, 6) is -2.49. The third kappa shape index (κ3) is 5.06. The molecule has 0 aliphatic carbocycles. The van der Waals surface area contributed by atoms with Gasteiger partial charge in [-0.05, 0) is 0 Å². The Morgan fingerprint density at radius 1 is 1.06 bits per heavy atom. The molecule has 17 heavy (non-hydrogen) atoms. The van der Waals surface area contributed by atoms with Crippen molar-refractivity contribution in [3.8, 4) is 0 Å². The Kier molecular flexibility index (Phi) is 6.61. The summed E-state index contributed by atoms with van der Waals surface area (Å²) in [6.45, 7) is 0.0460. The smallest absolute Gasteiger partial charge is 0.386 e. The molecular formula is C8H14O9. The van der Waals surface area contributed by atoms with Gasteiger partial charge in [-0.15, -0.1) is 0 Å². The van der Waals surface area contributed by atoms with Crippen LogP contribution >= 0.6 is 0 Å². The maximum absolute atomic E-state index is 10.9. The molecule has 0 aromatic heterocycles. The van der Waals surface area contributed by atoms with E-state index in [0.717, 1.165) is 6.92 Å². The number of aliphatic hydroxyl groups is 5. The van der Waals surface area contributed by atoms with Crippen molar-refractivity contribution in [3.63, 3.8) is 0 Å². The number of aliphatic hydroxyl groups excluding tert-OH is 5. The van der Waals surface area contributed by atoms with Gasteiger partial charge in [-0.3, -0.25) is 0 Å². The van der Waals surface area contributed by atoms with Crippen LogP contribution in [-0.4, -0.2) is 68.5 Å². The standard InChI is InChI=1S/C8H14O9/c1-3(10)16-17-8(15)7(14)6(13)5(12)4(11)2-9/h4-7,9,11-14H,2H2,1H3. The van der Waals surface area contributed by atoms with E-state index in [-0.39, 0.29) is 0 Å². The van der Waals surface area contributed by atoms with Gasteiger partial charge in [0.2, 0.25) is 0 Å². The Bertz CT molecular complexity index is 266. The van der Waals surface area contributed by atoms with Gasteiger partial charge in [0, 0.05) is 6.92 Å². The minimum absolute atomic E-state index is 0.885. The lowest BCUT2D eigenvalue weighted by Gasteiger charge is -2.23. The van der Waals surface area contributed by atoms with E-state index in [4.69, 9.17) is 20.4 Å². The molecule has 4 unspecified atom stereocenters. The Hall–Kier alpha value is -1.26. The molecule has 5 N–H and O–H groups in total. The summed E-state index contributed by atoms with van der Waals surface area (Å²) in [6, 6.07) is 0. The summed E-state index contributed by atoms with van der Waals surface area (Å²) in [5.41, 5.74) is 0. The highest BCUT2D eigenvalue weighted by Crippen LogP contribution is 2.06. The van der Waals surface area contributed by atoms with Crippen LogP contribution in [0.15, 0.2) is 0 Å². The first kappa shape index (κ1) is 15.7. The van der Waals surface area contributed by atoms with Crippen LogP contribution in [0.25, 0.3) is 0 Å². The summed E-state index contributed by atoms with van der Waals surface area (Å²) in [4.78, 5) is 28.8. The van der Waals surface area contributed by atoms with E-state index in [0.29, 0.717) is 0 Å². The first-order valence-corrected chi connectivity index (χ1v) is 4.53. The molecule has 0 spiro atoms. The highest BCUT2D eigenvalue weighted by molar-refractivity contribution is 5.76. The zero-order valence-corrected chi connectivity index (χ0v) is 8.89. The molecule has 0 heterocycles. The van der Waals surface area contributed by atoms with Gasteiger partial charge in [0.25, 0.3) is 0 Å². The first-order chi connectivity index (χ1) is 7.81. The normalized spacial score (nSPS) is 17.8. The van der Waals surface area contributed by atoms with E-state index >= 15 is 0 Å². The second-order valence-electron chi connectivity index (χ2n) is 3.15. The molecule has 0 saturated carbocycles. The average Bonchev–Trinajstić information content (AvgIpc) is 2.31. The zero-order valence-electron chi connectivity index (χ0n) is 8.89. The summed E-state index contributed by atoms with van der Waals surface area (Å²) in [6.07, 6.45) is -8.08. The predicted molar refractivity (Wildman–Crippen MR) is 49.0 cm³/mol. The number of hydrogen-bond acceptors (Lipinski definition) is 9. The monoisotopic (exact) mass is 254 g/mol. The van der Waals surface area contributed by atoms with E-state index in [1.165, 1.54) is 0 Å². The van der Waals surface area contributed by atoms with Crippen LogP contribution in [0.2, 0.25) is 0 Å². The van der Waals surface area contributed by atoms with Crippen molar-refractivity contribution < 1.29 is 44.9 Å². The van der Waals surface area contributed by atoms with E-state index in [9.17, 15) is 14.7 Å². The van der Waals surface area contributed by atoms with Crippen molar-refractivity contribution in [2.45, 2.75) is 31.3 Å². The Morgan fingerprint density at radius 3 is 2.00 bits per heavy atom. The van der Waals surface area contributed by atoms with Gasteiger partial charge in [0.15, 0.2) is 6.10 Å². The van der Waals surface area contributed by atoms with Crippen molar-refractivity contribution in [2.75, 3.05) is 6.61 Å². The number of hydrogen-bond donors (Lipinski definition) is 5. The Labute approximate surface area is 95.7 Å². The predicted octanol–water partition coefficient (Wildman–Crippen LogP) is -3.56. The van der Waals surface area contributed by atoms with Gasteiger partial charge in [-0.25, -0.2) is 19.4 Å². The van der Waals surface area contributed by atoms with Crippen LogP contribution in [0.5, 0.6) is 0 Å². The van der Waals surface area contributed by atoms with Crippen LogP contribution in [0.4, 0.5) is 0 Å². The van der Waals surface area contributed by atoms with Gasteiger partial charge in [-0.2, -0.15) is 0 Å². The molecule has 0 aliphatic heterocycles. The fourth-order valence-corrected chi connectivity index (χ4v) is 0.811. The van der Waals surface area contributed by atoms with Gasteiger partial charge in [-0.1, -0.05) is 0 Å². The fraction of sp³-hybridized carbons (Fsp3) is 0.750. The van der Waals surface area contributed by atoms with E-state index in [1.807, 2.05) is 0 Å². The fourth-order valence-electron chi connectivity index (χ4n) is 0.811. The summed E-state index contributed by atoms with van der Waals surface area (Å²) in [7, 11) is 0. The molecule has 0 fully saturated rings. The van der Waals surface area contributed by atoms with E-state index in [2.05, 4.69) is 9.78 Å². The molecule has 0 aliphatic rings. The van der Waals surface area contributed by atoms with E-state index < -0.39 is 43.0 Å². The Morgan fingerprint density at radius 2 is 1.59 bits per heavy atom. The van der Waals surface area contributed by atoms with E-state index in [1.54, 1.807) is 0 Å². The van der Waals surface area contributed by atoms with Crippen LogP contribution in [0, 0.1) is 0 Å². The van der Waals surface area contributed by atoms with Crippen LogP contribution < -0.4 is 0 Å². The maximum Gasteiger partial charge on any atom is 0.386 e. The summed E-state index contributed by atoms with van der Waals surface area (Å²) < 4.78 is 0. The van der Waals surface area contributed by atoms with Crippen LogP contribution in [-0.2, 0) is 19.4 Å². The van der Waals surface area contributed by atoms with Crippen molar-refractivity contribution in [1.29, 1.82) is 0 Å². The Balaban J connectivity index is 4.32. The topological polar surface area (TPSA) is 154 Å². The molecule has 0 saturated heterocycles. The van der Waals surface area contributed by atoms with Gasteiger partial charge in [0.05, 0.1) is 6.61 Å². The SMILES string of the molecule is CC(=O)OOC(=O)C(O)C(O)C(O)C(O)CO. The van der Waals surface area contributed by atoms with Crippen LogP contribution in [0.3, 0.4) is 0 Å². The minimum atomic E-state index is -2.24. The highest BCUT2D eigenvalue weighted by Gasteiger charge is 2.36. The van der Waals surface area contributed by atoms with Crippen molar-refractivity contribution in [2.24, 2.45) is 0 Å². The molecule has 0 radical (unpaired) electrons. The lowest BCUT2D eigenvalue weighted by atomic mass is 10.0.